The predicted octanol–water partition coefficient (Wildman–Crippen LogP) is 4.98. The largest absolute Gasteiger partial charge is 0.508 e. The number of pyridine rings is 1. The van der Waals surface area contributed by atoms with Crippen LogP contribution in [-0.4, -0.2) is 88.3 Å². The van der Waals surface area contributed by atoms with Crippen molar-refractivity contribution in [2.24, 2.45) is 11.8 Å². The number of hydrogen-bond donors (Lipinski definition) is 4. The fraction of sp³-hybridized carbons (Fsp3) is 0.643. The number of sulfonamides is 1. The first-order valence-corrected chi connectivity index (χ1v) is 22.3. The molecular weight excluding hydrogens is 751 g/mol. The second-order valence-corrected chi connectivity index (χ2v) is 19.9. The number of carbonyl (C=O) groups excluding carboxylic acids is 4. The maximum atomic E-state index is 14.8. The summed E-state index contributed by atoms with van der Waals surface area (Å²) >= 11 is 0. The Bertz CT molecular complexity index is 2100. The number of carbonyl (C=O) groups is 4. The first-order chi connectivity index (χ1) is 27.2. The van der Waals surface area contributed by atoms with Crippen molar-refractivity contribution in [1.82, 2.24) is 25.2 Å². The lowest BCUT2D eigenvalue weighted by Crippen LogP contribution is -2.70. The maximum Gasteiger partial charge on any atom is 0.407 e. The van der Waals surface area contributed by atoms with Gasteiger partial charge in [-0.2, -0.15) is 0 Å². The molecule has 0 radical (unpaired) electrons. The summed E-state index contributed by atoms with van der Waals surface area (Å²) in [5.41, 5.74) is -0.318. The van der Waals surface area contributed by atoms with E-state index in [-0.39, 0.29) is 31.7 Å². The zero-order valence-electron chi connectivity index (χ0n) is 32.9. The fourth-order valence-corrected chi connectivity index (χ4v) is 10.9. The molecule has 57 heavy (non-hydrogen) atoms. The second-order valence-electron chi connectivity index (χ2n) is 17.7. The van der Waals surface area contributed by atoms with Crippen molar-refractivity contribution >= 4 is 44.7 Å². The van der Waals surface area contributed by atoms with Crippen molar-refractivity contribution < 1.29 is 42.2 Å². The van der Waals surface area contributed by atoms with E-state index in [1.807, 2.05) is 19.1 Å². The lowest BCUT2D eigenvalue weighted by Gasteiger charge is -2.48. The highest BCUT2D eigenvalue weighted by molar-refractivity contribution is 7.91. The van der Waals surface area contributed by atoms with E-state index in [1.165, 1.54) is 4.90 Å². The molecule has 1 aromatic carbocycles. The van der Waals surface area contributed by atoms with Gasteiger partial charge < -0.3 is 30.1 Å². The van der Waals surface area contributed by atoms with Crippen LogP contribution in [0.2, 0.25) is 0 Å². The van der Waals surface area contributed by atoms with E-state index >= 15 is 0 Å². The van der Waals surface area contributed by atoms with Crippen LogP contribution in [0.1, 0.15) is 114 Å². The minimum atomic E-state index is -4.01. The Morgan fingerprint density at radius 1 is 1.05 bits per heavy atom. The van der Waals surface area contributed by atoms with E-state index in [0.717, 1.165) is 55.0 Å². The highest BCUT2D eigenvalue weighted by Crippen LogP contribution is 2.47. The van der Waals surface area contributed by atoms with Gasteiger partial charge in [-0.15, -0.1) is 0 Å². The molecule has 15 heteroatoms. The zero-order valence-corrected chi connectivity index (χ0v) is 33.8. The van der Waals surface area contributed by atoms with Crippen LogP contribution in [0.3, 0.4) is 0 Å². The third-order valence-electron chi connectivity index (χ3n) is 13.6. The molecule has 1 aromatic heterocycles. The van der Waals surface area contributed by atoms with Crippen LogP contribution < -0.4 is 20.1 Å². The van der Waals surface area contributed by atoms with Gasteiger partial charge in [0.2, 0.25) is 21.8 Å². The number of benzene rings is 1. The summed E-state index contributed by atoms with van der Waals surface area (Å²) in [4.78, 5) is 63.3. The first kappa shape index (κ1) is 39.4. The molecule has 8 rings (SSSR count). The average molecular weight is 806 g/mol. The number of ether oxygens (including phenoxy) is 2. The standard InChI is InChI=1S/C42H55N5O9S/c1-26-35-30(31-22-29(48)14-15-32(31)43-26)17-18-41(56-35)23-34-36(49)45-42(38(51)46-57(53,54)40(2)20-21-40)19-16-28(42)12-6-4-3-5-7-13-33(37(50)47(34)25-41)44-39(52)55-24-27-10-8-9-11-27/h6,12,14-15,22,27-28,33-34,48H,3-5,7-11,13,16-21,23-25H2,1-2H3,(H,44,52)(H,45,49)(H,46,51). The van der Waals surface area contributed by atoms with Crippen LogP contribution in [0.25, 0.3) is 10.9 Å². The van der Waals surface area contributed by atoms with E-state index in [4.69, 9.17) is 14.5 Å². The van der Waals surface area contributed by atoms with Crippen molar-refractivity contribution in [1.29, 1.82) is 0 Å². The molecule has 0 bridgehead atoms. The molecule has 5 unspecified atom stereocenters. The van der Waals surface area contributed by atoms with Gasteiger partial charge in [0.15, 0.2) is 0 Å². The van der Waals surface area contributed by atoms with Crippen molar-refractivity contribution in [3.8, 4) is 11.5 Å². The molecule has 4 fully saturated rings. The molecule has 5 atom stereocenters. The molecular formula is C42H55N5O9S. The monoisotopic (exact) mass is 805 g/mol. The molecule has 4 heterocycles. The highest BCUT2D eigenvalue weighted by atomic mass is 32.2. The number of alkyl carbamates (subject to hydrolysis) is 1. The van der Waals surface area contributed by atoms with Crippen LogP contribution in [0.4, 0.5) is 4.79 Å². The SMILES string of the molecule is Cc1nc2ccc(O)cc2c2c1OC1(CC2)CC2C(=O)NC3(C(=O)NS(=O)(=O)C4(C)CC4)CCC3C=CCCCCCC(NC(=O)OCC3CCCC3)C(=O)N2C1. The Kier molecular flexibility index (Phi) is 10.4. The summed E-state index contributed by atoms with van der Waals surface area (Å²) < 4.78 is 40.4. The van der Waals surface area contributed by atoms with E-state index < -0.39 is 67.7 Å². The van der Waals surface area contributed by atoms with Crippen molar-refractivity contribution in [2.75, 3.05) is 13.2 Å². The number of rotatable bonds is 6. The molecule has 6 aliphatic rings. The highest BCUT2D eigenvalue weighted by Gasteiger charge is 2.59. The molecule has 4 amide bonds. The van der Waals surface area contributed by atoms with Gasteiger partial charge in [0.05, 0.1) is 29.1 Å². The third-order valence-corrected chi connectivity index (χ3v) is 15.8. The van der Waals surface area contributed by atoms with Crippen molar-refractivity contribution in [2.45, 2.75) is 145 Å². The number of aryl methyl sites for hydroxylation is 2. The van der Waals surface area contributed by atoms with Gasteiger partial charge in [0.25, 0.3) is 5.91 Å². The molecule has 1 saturated heterocycles. The number of phenols is 1. The summed E-state index contributed by atoms with van der Waals surface area (Å²) in [6, 6.07) is 2.93. The fourth-order valence-electron chi connectivity index (χ4n) is 9.61. The molecule has 3 aliphatic carbocycles. The Labute approximate surface area is 333 Å². The number of phenolic OH excluding ortho intramolecular Hbond substituents is 1. The normalized spacial score (nSPS) is 30.1. The Morgan fingerprint density at radius 3 is 2.56 bits per heavy atom. The molecule has 4 N–H and O–H groups in total. The van der Waals surface area contributed by atoms with Gasteiger partial charge in [-0.1, -0.05) is 37.8 Å². The Balaban J connectivity index is 1.12. The molecule has 2 aromatic rings. The smallest absolute Gasteiger partial charge is 0.407 e. The molecule has 3 aliphatic heterocycles. The van der Waals surface area contributed by atoms with Crippen LogP contribution in [0, 0.1) is 18.8 Å². The number of aromatic nitrogens is 1. The van der Waals surface area contributed by atoms with E-state index in [1.54, 1.807) is 25.1 Å². The van der Waals surface area contributed by atoms with Gasteiger partial charge in [0, 0.05) is 23.3 Å². The summed E-state index contributed by atoms with van der Waals surface area (Å²) in [6.45, 7) is 3.76. The van der Waals surface area contributed by atoms with Gasteiger partial charge >= 0.3 is 6.09 Å². The lowest BCUT2D eigenvalue weighted by molar-refractivity contribution is -0.144. The number of allylic oxidation sites excluding steroid dienone is 1. The number of fused-ring (bicyclic) bond motifs is 5. The summed E-state index contributed by atoms with van der Waals surface area (Å²) in [5.74, 6) is -1.32. The van der Waals surface area contributed by atoms with Gasteiger partial charge in [-0.25, -0.2) is 18.2 Å². The minimum absolute atomic E-state index is 0.0332. The van der Waals surface area contributed by atoms with Crippen molar-refractivity contribution in [3.63, 3.8) is 0 Å². The maximum absolute atomic E-state index is 14.8. The minimum Gasteiger partial charge on any atom is -0.508 e. The summed E-state index contributed by atoms with van der Waals surface area (Å²) in [5, 5.41) is 16.9. The molecule has 308 valence electrons. The first-order valence-electron chi connectivity index (χ1n) is 20.8. The number of aromatic hydroxyl groups is 1. The number of nitrogens with zero attached hydrogens (tertiary/aromatic N) is 2. The second kappa shape index (κ2) is 15.1. The van der Waals surface area contributed by atoms with E-state index in [0.29, 0.717) is 68.7 Å². The van der Waals surface area contributed by atoms with Crippen molar-refractivity contribution in [3.05, 3.63) is 41.6 Å². The van der Waals surface area contributed by atoms with Gasteiger partial charge in [-0.3, -0.25) is 19.1 Å². The average Bonchev–Trinajstić information content (AvgIpc) is 3.54. The number of hydrogen-bond acceptors (Lipinski definition) is 10. The zero-order chi connectivity index (χ0) is 40.2. The molecule has 1 spiro atoms. The topological polar surface area (TPSA) is 193 Å². The summed E-state index contributed by atoms with van der Waals surface area (Å²) in [6.07, 6.45) is 13.4. The van der Waals surface area contributed by atoms with Gasteiger partial charge in [0.1, 0.15) is 34.7 Å². The molecule has 3 saturated carbocycles. The van der Waals surface area contributed by atoms with Crippen LogP contribution in [0.5, 0.6) is 11.5 Å². The quantitative estimate of drug-likeness (QED) is 0.290. The van der Waals surface area contributed by atoms with Crippen LogP contribution in [0.15, 0.2) is 30.4 Å². The predicted molar refractivity (Wildman–Crippen MR) is 211 cm³/mol. The Hall–Kier alpha value is -4.40. The molecule has 14 nitrogen and oxygen atoms in total. The summed E-state index contributed by atoms with van der Waals surface area (Å²) in [7, 11) is -4.01. The number of amides is 4. The van der Waals surface area contributed by atoms with Crippen LogP contribution in [-0.2, 0) is 35.6 Å². The van der Waals surface area contributed by atoms with E-state index in [2.05, 4.69) is 15.4 Å². The van der Waals surface area contributed by atoms with E-state index in [9.17, 15) is 32.7 Å². The third kappa shape index (κ3) is 7.56. The van der Waals surface area contributed by atoms with Gasteiger partial charge in [-0.05, 0) is 109 Å². The number of nitrogens with one attached hydrogen (secondary N) is 3. The van der Waals surface area contributed by atoms with Crippen LogP contribution >= 0.6 is 0 Å². The lowest BCUT2D eigenvalue weighted by atomic mass is 9.65. The Morgan fingerprint density at radius 2 is 1.82 bits per heavy atom.